The van der Waals surface area contributed by atoms with Crippen molar-refractivity contribution >= 4 is 16.8 Å². The molecule has 8 heteroatoms. The Kier molecular flexibility index (Phi) is 6.82. The Morgan fingerprint density at radius 2 is 1.76 bits per heavy atom. The molecule has 0 spiro atoms. The maximum Gasteiger partial charge on any atom is 0.271 e. The number of rotatable bonds is 7. The van der Waals surface area contributed by atoms with E-state index >= 15 is 0 Å². The Morgan fingerprint density at radius 1 is 1.05 bits per heavy atom. The second-order valence-electron chi connectivity index (χ2n) is 9.05. The predicted octanol–water partition coefficient (Wildman–Crippen LogP) is 4.90. The minimum absolute atomic E-state index is 0.0345. The molecule has 2 aromatic heterocycles. The zero-order valence-corrected chi connectivity index (χ0v) is 21.7. The fourth-order valence-electron chi connectivity index (χ4n) is 4.83. The van der Waals surface area contributed by atoms with Gasteiger partial charge in [0.15, 0.2) is 17.3 Å². The van der Waals surface area contributed by atoms with E-state index in [1.54, 1.807) is 19.1 Å². The van der Waals surface area contributed by atoms with Crippen LogP contribution in [0.1, 0.15) is 49.5 Å². The summed E-state index contributed by atoms with van der Waals surface area (Å²) in [5.74, 6) is 0.0702. The molecule has 190 valence electrons. The molecule has 37 heavy (non-hydrogen) atoms. The molecule has 8 nitrogen and oxygen atoms in total. The van der Waals surface area contributed by atoms with Gasteiger partial charge in [-0.25, -0.2) is 0 Å². The molecule has 0 aliphatic rings. The molecule has 0 aliphatic heterocycles. The van der Waals surface area contributed by atoms with Crippen LogP contribution in [0.2, 0.25) is 0 Å². The minimum Gasteiger partial charge on any atom is -0.494 e. The van der Waals surface area contributed by atoms with Crippen molar-refractivity contribution in [2.24, 2.45) is 0 Å². The molecular formula is C29H28N2O6. The summed E-state index contributed by atoms with van der Waals surface area (Å²) in [5.41, 5.74) is 3.10. The van der Waals surface area contributed by atoms with Crippen LogP contribution in [-0.2, 0) is 13.0 Å². The number of hydrogen-bond acceptors (Lipinski definition) is 7. The SMILES string of the molecule is COc1ccc(CCn2c(O)c(C(=O)c3oc4cc(C)cc(C)c4c3C)c(C)c(C#N)c2=O)cc1OC. The van der Waals surface area contributed by atoms with Gasteiger partial charge in [0.2, 0.25) is 11.7 Å². The maximum atomic E-state index is 13.7. The highest BCUT2D eigenvalue weighted by Gasteiger charge is 2.29. The number of nitriles is 1. The maximum absolute atomic E-state index is 13.7. The van der Waals surface area contributed by atoms with Crippen molar-refractivity contribution in [1.82, 2.24) is 4.57 Å². The molecule has 2 heterocycles. The van der Waals surface area contributed by atoms with Crippen molar-refractivity contribution in [2.75, 3.05) is 14.2 Å². The highest BCUT2D eigenvalue weighted by atomic mass is 16.5. The molecule has 0 radical (unpaired) electrons. The van der Waals surface area contributed by atoms with E-state index in [1.165, 1.54) is 21.1 Å². The lowest BCUT2D eigenvalue weighted by Crippen LogP contribution is -2.27. The van der Waals surface area contributed by atoms with E-state index in [9.17, 15) is 20.0 Å². The van der Waals surface area contributed by atoms with Gasteiger partial charge in [-0.2, -0.15) is 5.26 Å². The topological polar surface area (TPSA) is 115 Å². The van der Waals surface area contributed by atoms with Crippen LogP contribution in [0, 0.1) is 39.0 Å². The zero-order chi connectivity index (χ0) is 27.0. The average Bonchev–Trinajstić information content (AvgIpc) is 3.20. The molecule has 0 fully saturated rings. The number of methoxy groups -OCH3 is 2. The van der Waals surface area contributed by atoms with Crippen LogP contribution in [0.3, 0.4) is 0 Å². The minimum atomic E-state index is -0.665. The lowest BCUT2D eigenvalue weighted by Gasteiger charge is -2.16. The van der Waals surface area contributed by atoms with Crippen molar-refractivity contribution in [1.29, 1.82) is 5.26 Å². The number of furan rings is 1. The number of pyridine rings is 1. The first kappa shape index (κ1) is 25.6. The standard InChI is InChI=1S/C29H28N2O6/c1-15-11-16(2)24-18(4)27(37-23(24)12-15)26(32)25-17(3)20(14-30)28(33)31(29(25)34)10-9-19-7-8-21(35-5)22(13-19)36-6/h7-8,11-13,34H,9-10H2,1-6H3. The first-order valence-electron chi connectivity index (χ1n) is 11.7. The lowest BCUT2D eigenvalue weighted by atomic mass is 9.97. The summed E-state index contributed by atoms with van der Waals surface area (Å²) in [6.45, 7) is 7.18. The quantitative estimate of drug-likeness (QED) is 0.359. The van der Waals surface area contributed by atoms with Crippen LogP contribution in [0.4, 0.5) is 0 Å². The van der Waals surface area contributed by atoms with Crippen LogP contribution >= 0.6 is 0 Å². The highest BCUT2D eigenvalue weighted by Crippen LogP contribution is 2.33. The zero-order valence-electron chi connectivity index (χ0n) is 21.7. The number of ether oxygens (including phenoxy) is 2. The van der Waals surface area contributed by atoms with E-state index in [4.69, 9.17) is 13.9 Å². The normalized spacial score (nSPS) is 10.9. The van der Waals surface area contributed by atoms with Crippen LogP contribution in [0.25, 0.3) is 11.0 Å². The summed E-state index contributed by atoms with van der Waals surface area (Å²) in [4.78, 5) is 26.8. The summed E-state index contributed by atoms with van der Waals surface area (Å²) < 4.78 is 17.6. The van der Waals surface area contributed by atoms with Gasteiger partial charge in [-0.15, -0.1) is 0 Å². The number of carbonyl (C=O) groups is 1. The van der Waals surface area contributed by atoms with Gasteiger partial charge in [-0.3, -0.25) is 14.2 Å². The Labute approximate surface area is 214 Å². The first-order chi connectivity index (χ1) is 17.6. The van der Waals surface area contributed by atoms with Gasteiger partial charge in [0, 0.05) is 17.5 Å². The summed E-state index contributed by atoms with van der Waals surface area (Å²) in [6, 6.07) is 11.1. The molecular weight excluding hydrogens is 472 g/mol. The van der Waals surface area contributed by atoms with Gasteiger partial charge in [0.05, 0.1) is 19.8 Å². The van der Waals surface area contributed by atoms with Crippen molar-refractivity contribution in [2.45, 2.75) is 40.7 Å². The number of nitrogens with zero attached hydrogens (tertiary/aromatic N) is 2. The number of carbonyl (C=O) groups excluding carboxylic acids is 1. The summed E-state index contributed by atoms with van der Waals surface area (Å²) in [6.07, 6.45) is 0.331. The number of fused-ring (bicyclic) bond motifs is 1. The number of benzene rings is 2. The van der Waals surface area contributed by atoms with Crippen LogP contribution in [0.15, 0.2) is 39.5 Å². The predicted molar refractivity (Wildman–Crippen MR) is 139 cm³/mol. The van der Waals surface area contributed by atoms with Crippen LogP contribution < -0.4 is 15.0 Å². The molecule has 0 unspecified atom stereocenters. The number of hydrogen-bond donors (Lipinski definition) is 1. The Balaban J connectivity index is 1.81. The molecule has 0 aliphatic carbocycles. The van der Waals surface area contributed by atoms with Crippen LogP contribution in [-0.4, -0.2) is 29.7 Å². The van der Waals surface area contributed by atoms with Gasteiger partial charge in [-0.05, 0) is 74.6 Å². The molecule has 2 aromatic carbocycles. The molecule has 0 saturated heterocycles. The second-order valence-corrected chi connectivity index (χ2v) is 9.05. The van der Waals surface area contributed by atoms with Gasteiger partial charge in [-0.1, -0.05) is 12.1 Å². The monoisotopic (exact) mass is 500 g/mol. The fourth-order valence-corrected chi connectivity index (χ4v) is 4.83. The van der Waals surface area contributed by atoms with E-state index in [-0.39, 0.29) is 29.0 Å². The molecule has 0 saturated carbocycles. The smallest absolute Gasteiger partial charge is 0.271 e. The van der Waals surface area contributed by atoms with E-state index in [2.05, 4.69) is 0 Å². The molecule has 0 bridgehead atoms. The van der Waals surface area contributed by atoms with Gasteiger partial charge in [0.25, 0.3) is 5.56 Å². The molecule has 0 amide bonds. The average molecular weight is 501 g/mol. The third-order valence-electron chi connectivity index (χ3n) is 6.68. The van der Waals surface area contributed by atoms with E-state index in [0.29, 0.717) is 29.1 Å². The summed E-state index contributed by atoms with van der Waals surface area (Å²) in [7, 11) is 3.06. The Morgan fingerprint density at radius 3 is 2.41 bits per heavy atom. The lowest BCUT2D eigenvalue weighted by molar-refractivity contribution is 0.100. The molecule has 0 atom stereocenters. The van der Waals surface area contributed by atoms with E-state index in [0.717, 1.165) is 26.6 Å². The number of aromatic hydroxyl groups is 1. The summed E-state index contributed by atoms with van der Waals surface area (Å²) >= 11 is 0. The van der Waals surface area contributed by atoms with Crippen molar-refractivity contribution in [3.63, 3.8) is 0 Å². The number of ketones is 1. The Hall–Kier alpha value is -4.51. The molecule has 4 aromatic rings. The van der Waals surface area contributed by atoms with E-state index < -0.39 is 17.2 Å². The third kappa shape index (κ3) is 4.33. The summed E-state index contributed by atoms with van der Waals surface area (Å²) in [5, 5.41) is 21.7. The van der Waals surface area contributed by atoms with Crippen LogP contribution in [0.5, 0.6) is 17.4 Å². The van der Waals surface area contributed by atoms with Crippen molar-refractivity contribution in [3.05, 3.63) is 85.4 Å². The van der Waals surface area contributed by atoms with E-state index in [1.807, 2.05) is 38.1 Å². The van der Waals surface area contributed by atoms with Crippen molar-refractivity contribution in [3.8, 4) is 23.4 Å². The van der Waals surface area contributed by atoms with Gasteiger partial charge < -0.3 is 19.0 Å². The number of aromatic nitrogens is 1. The van der Waals surface area contributed by atoms with Crippen molar-refractivity contribution < 1.29 is 23.8 Å². The van der Waals surface area contributed by atoms with Gasteiger partial charge >= 0.3 is 0 Å². The fraction of sp³-hybridized carbons (Fsp3) is 0.276. The Bertz CT molecular complexity index is 1650. The van der Waals surface area contributed by atoms with Gasteiger partial charge in [0.1, 0.15) is 17.2 Å². The molecule has 1 N–H and O–H groups in total. The third-order valence-corrected chi connectivity index (χ3v) is 6.68. The second kappa shape index (κ2) is 9.86. The number of aryl methyl sites for hydroxylation is 4. The first-order valence-corrected chi connectivity index (χ1v) is 11.7. The largest absolute Gasteiger partial charge is 0.494 e. The highest BCUT2D eigenvalue weighted by molar-refractivity contribution is 6.13. The molecule has 4 rings (SSSR count).